The van der Waals surface area contributed by atoms with Gasteiger partial charge in [0.2, 0.25) is 0 Å². The zero-order valence-corrected chi connectivity index (χ0v) is 13.2. The molecule has 1 rings (SSSR count). The molecule has 1 saturated carbocycles. The number of nitrogens with one attached hydrogen (secondary N) is 1. The van der Waals surface area contributed by atoms with Gasteiger partial charge in [0.1, 0.15) is 0 Å². The summed E-state index contributed by atoms with van der Waals surface area (Å²) in [7, 11) is -0.625. The van der Waals surface area contributed by atoms with Crippen molar-refractivity contribution in [3.63, 3.8) is 0 Å². The van der Waals surface area contributed by atoms with E-state index in [1.807, 2.05) is 0 Å². The minimum absolute atomic E-state index is 0.400. The molecule has 1 aliphatic carbocycles. The summed E-state index contributed by atoms with van der Waals surface area (Å²) in [5.41, 5.74) is 0. The lowest BCUT2D eigenvalue weighted by atomic mass is 9.87. The lowest BCUT2D eigenvalue weighted by molar-refractivity contribution is 0.313. The van der Waals surface area contributed by atoms with E-state index in [-0.39, 0.29) is 0 Å². The smallest absolute Gasteiger partial charge is 0.0503 e. The van der Waals surface area contributed by atoms with Crippen LogP contribution in [-0.4, -0.2) is 27.8 Å². The molecule has 3 heteroatoms. The Bertz CT molecular complexity index is 243. The molecule has 0 aromatic rings. The molecule has 0 heterocycles. The van der Waals surface area contributed by atoms with Gasteiger partial charge < -0.3 is 5.32 Å². The van der Waals surface area contributed by atoms with Gasteiger partial charge in [-0.3, -0.25) is 4.21 Å². The Labute approximate surface area is 116 Å². The molecule has 0 amide bonds. The fourth-order valence-electron chi connectivity index (χ4n) is 2.83. The zero-order valence-electron chi connectivity index (χ0n) is 12.4. The summed E-state index contributed by atoms with van der Waals surface area (Å²) in [5, 5.41) is 4.02. The quantitative estimate of drug-likeness (QED) is 0.686. The van der Waals surface area contributed by atoms with Crippen LogP contribution in [0.25, 0.3) is 0 Å². The zero-order chi connectivity index (χ0) is 13.4. The highest BCUT2D eigenvalue weighted by atomic mass is 32.2. The molecule has 1 aliphatic rings. The second kappa shape index (κ2) is 9.08. The van der Waals surface area contributed by atoms with E-state index in [0.717, 1.165) is 31.1 Å². The van der Waals surface area contributed by atoms with Crippen LogP contribution in [0.15, 0.2) is 0 Å². The molecule has 2 nitrogen and oxygen atoms in total. The monoisotopic (exact) mass is 273 g/mol. The maximum absolute atomic E-state index is 12.5. The topological polar surface area (TPSA) is 29.1 Å². The first kappa shape index (κ1) is 16.2. The van der Waals surface area contributed by atoms with Crippen LogP contribution in [0.3, 0.4) is 0 Å². The van der Waals surface area contributed by atoms with Crippen molar-refractivity contribution in [2.24, 2.45) is 5.92 Å². The summed E-state index contributed by atoms with van der Waals surface area (Å²) in [6, 6.07) is 0.503. The highest BCUT2D eigenvalue weighted by molar-refractivity contribution is 7.85. The van der Waals surface area contributed by atoms with E-state index in [1.54, 1.807) is 0 Å². The second-order valence-corrected chi connectivity index (χ2v) is 7.58. The van der Waals surface area contributed by atoms with Crippen LogP contribution in [-0.2, 0) is 10.8 Å². The van der Waals surface area contributed by atoms with Gasteiger partial charge in [-0.2, -0.15) is 0 Å². The molecular formula is C15H31NOS. The third-order valence-corrected chi connectivity index (χ3v) is 5.88. The Morgan fingerprint density at radius 1 is 1.17 bits per heavy atom. The highest BCUT2D eigenvalue weighted by Gasteiger charge is 2.31. The predicted octanol–water partition coefficient (Wildman–Crippen LogP) is 3.48. The number of unbranched alkanes of at least 4 members (excludes halogenated alkanes) is 2. The maximum atomic E-state index is 12.5. The summed E-state index contributed by atoms with van der Waals surface area (Å²) in [6.07, 6.45) is 8.40. The molecule has 18 heavy (non-hydrogen) atoms. The summed E-state index contributed by atoms with van der Waals surface area (Å²) in [6.45, 7) is 7.79. The first-order chi connectivity index (χ1) is 8.69. The van der Waals surface area contributed by atoms with E-state index in [9.17, 15) is 4.21 Å². The molecule has 0 aromatic carbocycles. The molecule has 0 aromatic heterocycles. The van der Waals surface area contributed by atoms with Crippen LogP contribution >= 0.6 is 0 Å². The summed E-state index contributed by atoms with van der Waals surface area (Å²) < 4.78 is 12.5. The van der Waals surface area contributed by atoms with E-state index >= 15 is 0 Å². The van der Waals surface area contributed by atoms with Crippen molar-refractivity contribution in [2.45, 2.75) is 77.0 Å². The van der Waals surface area contributed by atoms with E-state index in [1.165, 1.54) is 32.1 Å². The lowest BCUT2D eigenvalue weighted by Gasteiger charge is -2.35. The second-order valence-electron chi connectivity index (χ2n) is 5.81. The molecule has 0 radical (unpaired) electrons. The van der Waals surface area contributed by atoms with Crippen LogP contribution in [0.4, 0.5) is 0 Å². The average Bonchev–Trinajstić information content (AvgIpc) is 2.37. The van der Waals surface area contributed by atoms with E-state index < -0.39 is 10.8 Å². The first-order valence-electron chi connectivity index (χ1n) is 7.79. The molecule has 4 atom stereocenters. The van der Waals surface area contributed by atoms with Crippen molar-refractivity contribution in [2.75, 3.05) is 12.3 Å². The normalized spacial score (nSPS) is 30.3. The van der Waals surface area contributed by atoms with Gasteiger partial charge in [-0.15, -0.1) is 0 Å². The van der Waals surface area contributed by atoms with Gasteiger partial charge in [0.05, 0.1) is 5.25 Å². The fraction of sp³-hybridized carbons (Fsp3) is 1.00. The van der Waals surface area contributed by atoms with Crippen molar-refractivity contribution in [1.82, 2.24) is 5.32 Å². The Hall–Kier alpha value is 0.110. The predicted molar refractivity (Wildman–Crippen MR) is 81.4 cm³/mol. The molecule has 4 unspecified atom stereocenters. The van der Waals surface area contributed by atoms with Gasteiger partial charge >= 0.3 is 0 Å². The lowest BCUT2D eigenvalue weighted by Crippen LogP contribution is -2.46. The minimum Gasteiger partial charge on any atom is -0.313 e. The fourth-order valence-corrected chi connectivity index (χ4v) is 4.76. The van der Waals surface area contributed by atoms with Crippen molar-refractivity contribution in [1.29, 1.82) is 0 Å². The molecule has 1 N–H and O–H groups in total. The SMILES string of the molecule is CCCCCS(=O)C1CC(C)CCC1NCCC. The van der Waals surface area contributed by atoms with Gasteiger partial charge in [-0.1, -0.05) is 33.6 Å². The molecule has 1 fully saturated rings. The van der Waals surface area contributed by atoms with Gasteiger partial charge in [-0.05, 0) is 44.6 Å². The van der Waals surface area contributed by atoms with Gasteiger partial charge in [0.25, 0.3) is 0 Å². The average molecular weight is 273 g/mol. The molecule has 0 saturated heterocycles. The molecule has 108 valence electrons. The highest BCUT2D eigenvalue weighted by Crippen LogP contribution is 2.28. The van der Waals surface area contributed by atoms with Crippen LogP contribution in [0.1, 0.15) is 65.7 Å². The van der Waals surface area contributed by atoms with E-state index in [4.69, 9.17) is 0 Å². The number of hydrogen-bond donors (Lipinski definition) is 1. The van der Waals surface area contributed by atoms with Crippen LogP contribution in [0.5, 0.6) is 0 Å². The van der Waals surface area contributed by atoms with Crippen molar-refractivity contribution >= 4 is 10.8 Å². The van der Waals surface area contributed by atoms with Gasteiger partial charge in [-0.25, -0.2) is 0 Å². The third-order valence-electron chi connectivity index (χ3n) is 4.00. The Morgan fingerprint density at radius 2 is 1.94 bits per heavy atom. The molecule has 0 aliphatic heterocycles. The molecular weight excluding hydrogens is 242 g/mol. The van der Waals surface area contributed by atoms with Gasteiger partial charge in [0.15, 0.2) is 0 Å². The molecule has 0 spiro atoms. The third kappa shape index (κ3) is 5.40. The maximum Gasteiger partial charge on any atom is 0.0503 e. The van der Waals surface area contributed by atoms with Crippen LogP contribution in [0, 0.1) is 5.92 Å². The largest absolute Gasteiger partial charge is 0.313 e. The summed E-state index contributed by atoms with van der Waals surface area (Å²) in [5.74, 6) is 1.67. The standard InChI is InChI=1S/C15H31NOS/c1-4-6-7-11-18(17)15-12-13(3)8-9-14(15)16-10-5-2/h13-16H,4-12H2,1-3H3. The Balaban J connectivity index is 2.46. The first-order valence-corrected chi connectivity index (χ1v) is 9.17. The van der Waals surface area contributed by atoms with Gasteiger partial charge in [0, 0.05) is 22.6 Å². The van der Waals surface area contributed by atoms with E-state index in [2.05, 4.69) is 26.1 Å². The summed E-state index contributed by atoms with van der Waals surface area (Å²) in [4.78, 5) is 0. The van der Waals surface area contributed by atoms with Crippen LogP contribution in [0.2, 0.25) is 0 Å². The summed E-state index contributed by atoms with van der Waals surface area (Å²) >= 11 is 0. The van der Waals surface area contributed by atoms with Crippen molar-refractivity contribution in [3.05, 3.63) is 0 Å². The Kier molecular flexibility index (Phi) is 8.16. The number of rotatable bonds is 8. The Morgan fingerprint density at radius 3 is 2.61 bits per heavy atom. The van der Waals surface area contributed by atoms with Crippen molar-refractivity contribution in [3.8, 4) is 0 Å². The van der Waals surface area contributed by atoms with E-state index in [0.29, 0.717) is 11.3 Å². The minimum atomic E-state index is -0.625. The van der Waals surface area contributed by atoms with Crippen LogP contribution < -0.4 is 5.32 Å². The van der Waals surface area contributed by atoms with Crippen molar-refractivity contribution < 1.29 is 4.21 Å². The number of hydrogen-bond acceptors (Lipinski definition) is 2. The molecule has 0 bridgehead atoms.